The predicted molar refractivity (Wildman–Crippen MR) is 85.6 cm³/mol. The number of rotatable bonds is 6. The third-order valence-electron chi connectivity index (χ3n) is 3.68. The van der Waals surface area contributed by atoms with Crippen LogP contribution >= 0.6 is 11.6 Å². The van der Waals surface area contributed by atoms with Gasteiger partial charge >= 0.3 is 0 Å². The van der Waals surface area contributed by atoms with E-state index in [2.05, 4.69) is 17.3 Å². The fraction of sp³-hybridized carbons (Fsp3) is 0.438. The Bertz CT molecular complexity index is 592. The van der Waals surface area contributed by atoms with Crippen molar-refractivity contribution in [3.05, 3.63) is 51.8 Å². The van der Waals surface area contributed by atoms with Gasteiger partial charge in [-0.05, 0) is 38.5 Å². The summed E-state index contributed by atoms with van der Waals surface area (Å²) in [7, 11) is 0. The summed E-state index contributed by atoms with van der Waals surface area (Å²) in [5.74, 6) is 0. The molecule has 2 rings (SSSR count). The molecule has 0 amide bonds. The first-order valence-electron chi connectivity index (χ1n) is 7.12. The van der Waals surface area contributed by atoms with Crippen LogP contribution in [0.5, 0.6) is 0 Å². The second kappa shape index (κ2) is 7.07. The first-order valence-corrected chi connectivity index (χ1v) is 7.50. The van der Waals surface area contributed by atoms with E-state index >= 15 is 0 Å². The van der Waals surface area contributed by atoms with Gasteiger partial charge < -0.3 is 10.4 Å². The molecule has 0 fully saturated rings. The average molecular weight is 308 g/mol. The van der Waals surface area contributed by atoms with Crippen LogP contribution in [0.15, 0.2) is 24.3 Å². The van der Waals surface area contributed by atoms with Gasteiger partial charge in [-0.1, -0.05) is 23.7 Å². The molecule has 0 aliphatic rings. The number of halogens is 1. The van der Waals surface area contributed by atoms with E-state index in [-0.39, 0.29) is 12.6 Å². The maximum atomic E-state index is 9.08. The second-order valence-electron chi connectivity index (χ2n) is 5.40. The van der Waals surface area contributed by atoms with Gasteiger partial charge in [0.05, 0.1) is 18.8 Å². The van der Waals surface area contributed by atoms with Crippen molar-refractivity contribution in [2.45, 2.75) is 39.9 Å². The molecule has 0 radical (unpaired) electrons. The van der Waals surface area contributed by atoms with Gasteiger partial charge in [-0.2, -0.15) is 5.10 Å². The lowest BCUT2D eigenvalue weighted by Crippen LogP contribution is -2.29. The van der Waals surface area contributed by atoms with Gasteiger partial charge in [0.25, 0.3) is 0 Å². The number of nitrogens with one attached hydrogen (secondary N) is 1. The Morgan fingerprint density at radius 3 is 2.57 bits per heavy atom. The lowest BCUT2D eigenvalue weighted by molar-refractivity contribution is 0.251. The van der Waals surface area contributed by atoms with Crippen molar-refractivity contribution in [2.24, 2.45) is 0 Å². The van der Waals surface area contributed by atoms with Crippen molar-refractivity contribution in [1.82, 2.24) is 15.1 Å². The van der Waals surface area contributed by atoms with Gasteiger partial charge in [0.15, 0.2) is 0 Å². The third kappa shape index (κ3) is 4.06. The summed E-state index contributed by atoms with van der Waals surface area (Å²) in [6.45, 7) is 7.65. The van der Waals surface area contributed by atoms with Gasteiger partial charge in [-0.25, -0.2) is 0 Å². The van der Waals surface area contributed by atoms with E-state index in [9.17, 15) is 0 Å². The quantitative estimate of drug-likeness (QED) is 0.862. The molecule has 2 aromatic rings. The molecule has 5 heteroatoms. The Kier molecular flexibility index (Phi) is 5.39. The lowest BCUT2D eigenvalue weighted by Gasteiger charge is -2.11. The molecule has 0 aliphatic heterocycles. The SMILES string of the molecule is Cc1nn(Cc2ccc(Cl)cc2)c(C)c1CNC(C)CO. The average Bonchev–Trinajstić information content (AvgIpc) is 2.73. The number of hydrogen-bond acceptors (Lipinski definition) is 3. The Labute approximate surface area is 130 Å². The fourth-order valence-electron chi connectivity index (χ4n) is 2.25. The molecule has 0 saturated heterocycles. The van der Waals surface area contributed by atoms with E-state index in [0.29, 0.717) is 0 Å². The number of benzene rings is 1. The molecule has 1 aromatic carbocycles. The molecule has 0 aliphatic carbocycles. The summed E-state index contributed by atoms with van der Waals surface area (Å²) in [4.78, 5) is 0. The van der Waals surface area contributed by atoms with Crippen molar-refractivity contribution in [1.29, 1.82) is 0 Å². The first-order chi connectivity index (χ1) is 10.0. The highest BCUT2D eigenvalue weighted by Gasteiger charge is 2.12. The van der Waals surface area contributed by atoms with Crippen LogP contribution < -0.4 is 5.32 Å². The number of nitrogens with zero attached hydrogens (tertiary/aromatic N) is 2. The monoisotopic (exact) mass is 307 g/mol. The van der Waals surface area contributed by atoms with Crippen LogP contribution in [0.1, 0.15) is 29.4 Å². The van der Waals surface area contributed by atoms with Crippen LogP contribution in [-0.4, -0.2) is 27.5 Å². The van der Waals surface area contributed by atoms with Crippen LogP contribution in [0.25, 0.3) is 0 Å². The highest BCUT2D eigenvalue weighted by molar-refractivity contribution is 6.30. The molecule has 0 saturated carbocycles. The maximum absolute atomic E-state index is 9.08. The number of aliphatic hydroxyl groups is 1. The van der Waals surface area contributed by atoms with E-state index in [0.717, 1.165) is 29.5 Å². The summed E-state index contributed by atoms with van der Waals surface area (Å²) in [6, 6.07) is 7.92. The molecular weight excluding hydrogens is 286 g/mol. The fourth-order valence-corrected chi connectivity index (χ4v) is 2.37. The van der Waals surface area contributed by atoms with E-state index in [4.69, 9.17) is 16.7 Å². The molecule has 2 N–H and O–H groups in total. The summed E-state index contributed by atoms with van der Waals surface area (Å²) < 4.78 is 2.01. The summed E-state index contributed by atoms with van der Waals surface area (Å²) >= 11 is 5.91. The number of hydrogen-bond donors (Lipinski definition) is 2. The predicted octanol–water partition coefficient (Wildman–Crippen LogP) is 2.67. The standard InChI is InChI=1S/C16H22ClN3O/c1-11(10-21)18-8-16-12(2)19-20(13(16)3)9-14-4-6-15(17)7-5-14/h4-7,11,18,21H,8-10H2,1-3H3. The zero-order chi connectivity index (χ0) is 15.4. The van der Waals surface area contributed by atoms with Gasteiger partial charge in [0.1, 0.15) is 0 Å². The first kappa shape index (κ1) is 16.0. The zero-order valence-corrected chi connectivity index (χ0v) is 13.5. The normalized spacial score (nSPS) is 12.6. The van der Waals surface area contributed by atoms with E-state index in [1.807, 2.05) is 42.8 Å². The molecular formula is C16H22ClN3O. The van der Waals surface area contributed by atoms with Gasteiger partial charge in [-0.3, -0.25) is 4.68 Å². The molecule has 1 unspecified atom stereocenters. The van der Waals surface area contributed by atoms with Crippen molar-refractivity contribution in [3.8, 4) is 0 Å². The summed E-state index contributed by atoms with van der Waals surface area (Å²) in [5, 5.41) is 17.7. The number of aryl methyl sites for hydroxylation is 1. The summed E-state index contributed by atoms with van der Waals surface area (Å²) in [5.41, 5.74) is 4.55. The van der Waals surface area contributed by atoms with Crippen molar-refractivity contribution in [2.75, 3.05) is 6.61 Å². The van der Waals surface area contributed by atoms with Crippen LogP contribution in [0.3, 0.4) is 0 Å². The molecule has 21 heavy (non-hydrogen) atoms. The third-order valence-corrected chi connectivity index (χ3v) is 3.93. The Balaban J connectivity index is 2.12. The van der Waals surface area contributed by atoms with Crippen molar-refractivity contribution in [3.63, 3.8) is 0 Å². The minimum absolute atomic E-state index is 0.0865. The van der Waals surface area contributed by atoms with Crippen molar-refractivity contribution >= 4 is 11.6 Å². The zero-order valence-electron chi connectivity index (χ0n) is 12.7. The minimum Gasteiger partial charge on any atom is -0.395 e. The highest BCUT2D eigenvalue weighted by atomic mass is 35.5. The molecule has 1 atom stereocenters. The van der Waals surface area contributed by atoms with Crippen LogP contribution in [0.4, 0.5) is 0 Å². The Morgan fingerprint density at radius 1 is 1.29 bits per heavy atom. The minimum atomic E-state index is 0.0865. The molecule has 114 valence electrons. The highest BCUT2D eigenvalue weighted by Crippen LogP contribution is 2.16. The van der Waals surface area contributed by atoms with Crippen LogP contribution in [-0.2, 0) is 13.1 Å². The topological polar surface area (TPSA) is 50.1 Å². The Hall–Kier alpha value is -1.36. The summed E-state index contributed by atoms with van der Waals surface area (Å²) in [6.07, 6.45) is 0. The van der Waals surface area contributed by atoms with Gasteiger partial charge in [0.2, 0.25) is 0 Å². The molecule has 1 heterocycles. The molecule has 0 spiro atoms. The molecule has 0 bridgehead atoms. The van der Waals surface area contributed by atoms with Crippen LogP contribution in [0, 0.1) is 13.8 Å². The van der Waals surface area contributed by atoms with Crippen molar-refractivity contribution < 1.29 is 5.11 Å². The van der Waals surface area contributed by atoms with Gasteiger partial charge in [-0.15, -0.1) is 0 Å². The Morgan fingerprint density at radius 2 is 1.95 bits per heavy atom. The van der Waals surface area contributed by atoms with Crippen LogP contribution in [0.2, 0.25) is 5.02 Å². The molecule has 4 nitrogen and oxygen atoms in total. The van der Waals surface area contributed by atoms with Gasteiger partial charge in [0, 0.05) is 28.9 Å². The van der Waals surface area contributed by atoms with E-state index in [1.165, 1.54) is 11.1 Å². The smallest absolute Gasteiger partial charge is 0.0662 e. The number of aliphatic hydroxyl groups excluding tert-OH is 1. The lowest BCUT2D eigenvalue weighted by atomic mass is 10.2. The largest absolute Gasteiger partial charge is 0.395 e. The maximum Gasteiger partial charge on any atom is 0.0662 e. The van der Waals surface area contributed by atoms with E-state index < -0.39 is 0 Å². The second-order valence-corrected chi connectivity index (χ2v) is 5.83. The number of aromatic nitrogens is 2. The molecule has 1 aromatic heterocycles. The van der Waals surface area contributed by atoms with E-state index in [1.54, 1.807) is 0 Å².